The molecule has 0 heterocycles. The smallest absolute Gasteiger partial charge is 0.374 e. The highest BCUT2D eigenvalue weighted by atomic mass is 19.4. The molecule has 0 aliphatic carbocycles. The molecule has 7 heteroatoms. The minimum absolute atomic E-state index is 0.0231. The van der Waals surface area contributed by atoms with E-state index in [9.17, 15) is 22.4 Å². The Morgan fingerprint density at radius 3 is 2.47 bits per heavy atom. The van der Waals surface area contributed by atoms with Crippen LogP contribution < -0.4 is 11.1 Å². The summed E-state index contributed by atoms with van der Waals surface area (Å²) in [5.74, 6) is -2.09. The predicted molar refractivity (Wildman–Crippen MR) is 53.7 cm³/mol. The van der Waals surface area contributed by atoms with Gasteiger partial charge >= 0.3 is 6.18 Å². The molecule has 1 unspecified atom stereocenters. The van der Waals surface area contributed by atoms with Gasteiger partial charge in [-0.15, -0.1) is 0 Å². The topological polar surface area (TPSA) is 55.1 Å². The van der Waals surface area contributed by atoms with Crippen LogP contribution in [0.5, 0.6) is 0 Å². The summed E-state index contributed by atoms with van der Waals surface area (Å²) in [5.41, 5.74) is 3.53. The quantitative estimate of drug-likeness (QED) is 0.807. The third-order valence-corrected chi connectivity index (χ3v) is 2.08. The van der Waals surface area contributed by atoms with Gasteiger partial charge in [0.25, 0.3) is 0 Å². The maximum Gasteiger partial charge on any atom is 0.419 e. The van der Waals surface area contributed by atoms with Crippen LogP contribution in [0.15, 0.2) is 18.2 Å². The van der Waals surface area contributed by atoms with Gasteiger partial charge in [-0.3, -0.25) is 4.79 Å². The predicted octanol–water partition coefficient (Wildman–Crippen LogP) is 2.13. The molecule has 1 aromatic carbocycles. The van der Waals surface area contributed by atoms with Crippen molar-refractivity contribution in [3.63, 3.8) is 0 Å². The molecule has 94 valence electrons. The molecule has 1 atom stereocenters. The van der Waals surface area contributed by atoms with Crippen LogP contribution >= 0.6 is 0 Å². The van der Waals surface area contributed by atoms with Gasteiger partial charge in [0.1, 0.15) is 11.9 Å². The molecule has 1 rings (SSSR count). The Bertz CT molecular complexity index is 431. The number of carbonyl (C=O) groups excluding carboxylic acids is 1. The van der Waals surface area contributed by atoms with Gasteiger partial charge in [0.15, 0.2) is 0 Å². The fraction of sp³-hybridized carbons (Fsp3) is 0.300. The minimum Gasteiger partial charge on any atom is -0.374 e. The monoisotopic (exact) mass is 250 g/mol. The van der Waals surface area contributed by atoms with E-state index in [1.165, 1.54) is 6.92 Å². The number of amides is 1. The fourth-order valence-corrected chi connectivity index (χ4v) is 1.15. The molecule has 1 aromatic rings. The molecule has 0 bridgehead atoms. The van der Waals surface area contributed by atoms with Crippen LogP contribution in [0.4, 0.5) is 23.2 Å². The van der Waals surface area contributed by atoms with Gasteiger partial charge in [-0.1, -0.05) is 0 Å². The van der Waals surface area contributed by atoms with Crippen molar-refractivity contribution in [1.29, 1.82) is 0 Å². The lowest BCUT2D eigenvalue weighted by Gasteiger charge is -2.14. The summed E-state index contributed by atoms with van der Waals surface area (Å²) in [6.07, 6.45) is -4.78. The molecule has 0 aliphatic heterocycles. The van der Waals surface area contributed by atoms with Crippen LogP contribution in [0.2, 0.25) is 0 Å². The van der Waals surface area contributed by atoms with Crippen molar-refractivity contribution in [2.24, 2.45) is 5.73 Å². The lowest BCUT2D eigenvalue weighted by Crippen LogP contribution is -2.32. The van der Waals surface area contributed by atoms with Crippen LogP contribution in [0.25, 0.3) is 0 Å². The number of anilines is 1. The highest BCUT2D eigenvalue weighted by molar-refractivity contribution is 5.82. The number of nitrogens with two attached hydrogens (primary N) is 1. The zero-order chi connectivity index (χ0) is 13.2. The molecule has 0 saturated carbocycles. The molecule has 0 fully saturated rings. The molecule has 1 amide bonds. The van der Waals surface area contributed by atoms with Gasteiger partial charge in [-0.05, 0) is 25.1 Å². The number of hydrogen-bond donors (Lipinski definition) is 2. The van der Waals surface area contributed by atoms with E-state index in [1.54, 1.807) is 0 Å². The third-order valence-electron chi connectivity index (χ3n) is 2.08. The summed E-state index contributed by atoms with van der Waals surface area (Å²) in [5, 5.41) is 2.44. The maximum atomic E-state index is 12.9. The summed E-state index contributed by atoms with van der Waals surface area (Å²) < 4.78 is 50.0. The third kappa shape index (κ3) is 3.33. The Morgan fingerprint density at radius 1 is 1.41 bits per heavy atom. The Balaban J connectivity index is 3.01. The van der Waals surface area contributed by atoms with Crippen molar-refractivity contribution in [2.45, 2.75) is 19.1 Å². The lowest BCUT2D eigenvalue weighted by molar-refractivity contribution is -0.139. The summed E-state index contributed by atoms with van der Waals surface area (Å²) in [4.78, 5) is 10.7. The molecule has 0 radical (unpaired) electrons. The van der Waals surface area contributed by atoms with Gasteiger partial charge < -0.3 is 11.1 Å². The van der Waals surface area contributed by atoms with Gasteiger partial charge in [0.2, 0.25) is 5.91 Å². The molecule has 3 nitrogen and oxygen atoms in total. The Hall–Kier alpha value is -1.79. The first-order chi connectivity index (χ1) is 7.71. The summed E-state index contributed by atoms with van der Waals surface area (Å²) >= 11 is 0. The molecular weight excluding hydrogens is 240 g/mol. The minimum atomic E-state index is -4.78. The van der Waals surface area contributed by atoms with Crippen molar-refractivity contribution in [3.05, 3.63) is 29.6 Å². The number of carbonyl (C=O) groups is 1. The molecule has 3 N–H and O–H groups in total. The summed E-state index contributed by atoms with van der Waals surface area (Å²) in [7, 11) is 0. The zero-order valence-corrected chi connectivity index (χ0v) is 8.81. The van der Waals surface area contributed by atoms with Gasteiger partial charge in [0, 0.05) is 5.69 Å². The standard InChI is InChI=1S/C10H10F4N2O/c1-5(9(15)17)16-6-2-3-8(11)7(4-6)10(12,13)14/h2-5,16H,1H3,(H2,15,17). The van der Waals surface area contributed by atoms with Crippen LogP contribution in [0.3, 0.4) is 0 Å². The van der Waals surface area contributed by atoms with Crippen molar-refractivity contribution in [3.8, 4) is 0 Å². The van der Waals surface area contributed by atoms with Crippen LogP contribution in [0, 0.1) is 5.82 Å². The number of halogens is 4. The Labute approximate surface area is 94.6 Å². The SMILES string of the molecule is CC(Nc1ccc(F)c(C(F)(F)F)c1)C(N)=O. The normalized spacial score (nSPS) is 13.2. The van der Waals surface area contributed by atoms with E-state index >= 15 is 0 Å². The summed E-state index contributed by atoms with van der Waals surface area (Å²) in [6.45, 7) is 1.39. The lowest BCUT2D eigenvalue weighted by atomic mass is 10.1. The number of hydrogen-bond acceptors (Lipinski definition) is 2. The van der Waals surface area contributed by atoms with Crippen molar-refractivity contribution >= 4 is 11.6 Å². The molecule has 0 saturated heterocycles. The number of primary amides is 1. The average Bonchev–Trinajstić information content (AvgIpc) is 2.19. The number of nitrogens with one attached hydrogen (secondary N) is 1. The Morgan fingerprint density at radius 2 is 2.00 bits per heavy atom. The molecule has 0 aliphatic rings. The van der Waals surface area contributed by atoms with Crippen LogP contribution in [0.1, 0.15) is 12.5 Å². The average molecular weight is 250 g/mol. The molecule has 17 heavy (non-hydrogen) atoms. The fourth-order valence-electron chi connectivity index (χ4n) is 1.15. The van der Waals surface area contributed by atoms with E-state index in [4.69, 9.17) is 5.73 Å². The van der Waals surface area contributed by atoms with Crippen molar-refractivity contribution in [1.82, 2.24) is 0 Å². The highest BCUT2D eigenvalue weighted by Gasteiger charge is 2.34. The number of benzene rings is 1. The van der Waals surface area contributed by atoms with E-state index in [0.29, 0.717) is 12.1 Å². The van der Waals surface area contributed by atoms with Crippen molar-refractivity contribution < 1.29 is 22.4 Å². The molecule has 0 spiro atoms. The van der Waals surface area contributed by atoms with Crippen LogP contribution in [-0.4, -0.2) is 11.9 Å². The maximum absolute atomic E-state index is 12.9. The van der Waals surface area contributed by atoms with Crippen molar-refractivity contribution in [2.75, 3.05) is 5.32 Å². The largest absolute Gasteiger partial charge is 0.419 e. The molecule has 0 aromatic heterocycles. The first kappa shape index (κ1) is 13.3. The summed E-state index contributed by atoms with van der Waals surface area (Å²) in [6, 6.07) is 1.53. The Kier molecular flexibility index (Phi) is 3.59. The first-order valence-electron chi connectivity index (χ1n) is 4.64. The van der Waals surface area contributed by atoms with E-state index in [-0.39, 0.29) is 5.69 Å². The first-order valence-corrected chi connectivity index (χ1v) is 4.64. The van der Waals surface area contributed by atoms with E-state index in [1.807, 2.05) is 0 Å². The zero-order valence-electron chi connectivity index (χ0n) is 8.81. The van der Waals surface area contributed by atoms with Gasteiger partial charge in [-0.2, -0.15) is 13.2 Å². The van der Waals surface area contributed by atoms with E-state index < -0.39 is 29.5 Å². The van der Waals surface area contributed by atoms with E-state index in [0.717, 1.165) is 6.07 Å². The van der Waals surface area contributed by atoms with Gasteiger partial charge in [-0.25, -0.2) is 4.39 Å². The number of alkyl halides is 3. The second-order valence-electron chi connectivity index (χ2n) is 3.46. The second kappa shape index (κ2) is 4.60. The molecular formula is C10H10F4N2O. The van der Waals surface area contributed by atoms with Gasteiger partial charge in [0.05, 0.1) is 5.56 Å². The van der Waals surface area contributed by atoms with E-state index in [2.05, 4.69) is 5.32 Å². The second-order valence-corrected chi connectivity index (χ2v) is 3.46. The highest BCUT2D eigenvalue weighted by Crippen LogP contribution is 2.33. The van der Waals surface area contributed by atoms with Crippen LogP contribution in [-0.2, 0) is 11.0 Å². The number of rotatable bonds is 3.